The molecule has 0 spiro atoms. The minimum atomic E-state index is -0.648. The fourth-order valence-corrected chi connectivity index (χ4v) is 3.13. The number of rotatable bonds is 2. The van der Waals surface area contributed by atoms with Crippen molar-refractivity contribution >= 4 is 5.97 Å². The van der Waals surface area contributed by atoms with Gasteiger partial charge in [0.1, 0.15) is 0 Å². The van der Waals surface area contributed by atoms with Crippen molar-refractivity contribution in [1.29, 1.82) is 0 Å². The predicted octanol–water partition coefficient (Wildman–Crippen LogP) is 2.93. The van der Waals surface area contributed by atoms with Gasteiger partial charge in [-0.25, -0.2) is 0 Å². The van der Waals surface area contributed by atoms with Crippen LogP contribution in [0.15, 0.2) is 18.2 Å². The van der Waals surface area contributed by atoms with Crippen molar-refractivity contribution in [1.82, 2.24) is 0 Å². The number of aryl methyl sites for hydroxylation is 2. The lowest BCUT2D eigenvalue weighted by atomic mass is 9.86. The van der Waals surface area contributed by atoms with Crippen LogP contribution >= 0.6 is 0 Å². The van der Waals surface area contributed by atoms with Crippen LogP contribution in [-0.4, -0.2) is 11.1 Å². The monoisotopic (exact) mass is 230 g/mol. The van der Waals surface area contributed by atoms with E-state index in [1.165, 1.54) is 36.0 Å². The Hall–Kier alpha value is -1.31. The molecular formula is C15H18O2. The molecule has 2 atom stereocenters. The molecule has 17 heavy (non-hydrogen) atoms. The summed E-state index contributed by atoms with van der Waals surface area (Å²) in [5, 5.41) is 9.09. The van der Waals surface area contributed by atoms with E-state index >= 15 is 0 Å². The summed E-state index contributed by atoms with van der Waals surface area (Å²) in [6.07, 6.45) is 5.71. The highest BCUT2D eigenvalue weighted by Gasteiger charge is 2.55. The molecule has 0 amide bonds. The zero-order valence-electron chi connectivity index (χ0n) is 10.2. The van der Waals surface area contributed by atoms with Crippen LogP contribution in [-0.2, 0) is 23.1 Å². The Morgan fingerprint density at radius 2 is 2.00 bits per heavy atom. The van der Waals surface area contributed by atoms with Crippen LogP contribution in [0.1, 0.15) is 42.9 Å². The van der Waals surface area contributed by atoms with Gasteiger partial charge in [0, 0.05) is 5.41 Å². The van der Waals surface area contributed by atoms with Crippen LogP contribution in [0.5, 0.6) is 0 Å². The summed E-state index contributed by atoms with van der Waals surface area (Å²) in [5.74, 6) is -0.825. The first-order chi connectivity index (χ1) is 8.11. The van der Waals surface area contributed by atoms with Crippen molar-refractivity contribution in [3.05, 3.63) is 34.9 Å². The van der Waals surface area contributed by atoms with E-state index in [1.54, 1.807) is 0 Å². The van der Waals surface area contributed by atoms with Gasteiger partial charge in [0.25, 0.3) is 0 Å². The van der Waals surface area contributed by atoms with Gasteiger partial charge in [-0.1, -0.05) is 25.1 Å². The molecule has 2 aliphatic carbocycles. The molecule has 1 saturated carbocycles. The van der Waals surface area contributed by atoms with Gasteiger partial charge in [-0.05, 0) is 48.8 Å². The third-order valence-electron chi connectivity index (χ3n) is 4.54. The molecule has 2 aliphatic rings. The third kappa shape index (κ3) is 1.67. The van der Waals surface area contributed by atoms with Crippen molar-refractivity contribution in [2.45, 2.75) is 44.4 Å². The van der Waals surface area contributed by atoms with Crippen molar-refractivity contribution in [2.75, 3.05) is 0 Å². The van der Waals surface area contributed by atoms with E-state index in [-0.39, 0.29) is 11.3 Å². The molecule has 0 heterocycles. The summed E-state index contributed by atoms with van der Waals surface area (Å²) < 4.78 is 0. The number of hydrogen-bond donors (Lipinski definition) is 1. The van der Waals surface area contributed by atoms with E-state index in [0.717, 1.165) is 12.8 Å². The molecular weight excluding hydrogens is 212 g/mol. The summed E-state index contributed by atoms with van der Waals surface area (Å²) in [5.41, 5.74) is 4.03. The zero-order valence-corrected chi connectivity index (χ0v) is 10.2. The first-order valence-electron chi connectivity index (χ1n) is 6.46. The lowest BCUT2D eigenvalue weighted by Crippen LogP contribution is -2.12. The second-order valence-corrected chi connectivity index (χ2v) is 5.70. The molecule has 1 fully saturated rings. The molecule has 90 valence electrons. The van der Waals surface area contributed by atoms with Crippen LogP contribution < -0.4 is 0 Å². The summed E-state index contributed by atoms with van der Waals surface area (Å²) >= 11 is 0. The molecule has 1 aromatic carbocycles. The maximum Gasteiger partial charge on any atom is 0.307 e. The van der Waals surface area contributed by atoms with E-state index in [1.807, 2.05) is 0 Å². The highest BCUT2D eigenvalue weighted by molar-refractivity contribution is 5.77. The maximum absolute atomic E-state index is 11.0. The van der Waals surface area contributed by atoms with Crippen molar-refractivity contribution in [3.63, 3.8) is 0 Å². The molecule has 3 rings (SSSR count). The number of hydrogen-bond acceptors (Lipinski definition) is 1. The smallest absolute Gasteiger partial charge is 0.307 e. The SMILES string of the molecule is CC1(c2ccc3c(c2)CCCC3)CC1C(=O)O. The first kappa shape index (κ1) is 10.8. The van der Waals surface area contributed by atoms with Gasteiger partial charge in [-0.2, -0.15) is 0 Å². The van der Waals surface area contributed by atoms with E-state index in [2.05, 4.69) is 25.1 Å². The minimum absolute atomic E-state index is 0.113. The average molecular weight is 230 g/mol. The molecule has 0 bridgehead atoms. The Morgan fingerprint density at radius 3 is 2.65 bits per heavy atom. The average Bonchev–Trinajstić information content (AvgIpc) is 3.03. The largest absolute Gasteiger partial charge is 0.481 e. The van der Waals surface area contributed by atoms with Crippen molar-refractivity contribution in [2.24, 2.45) is 5.92 Å². The molecule has 0 radical (unpaired) electrons. The predicted molar refractivity (Wildman–Crippen MR) is 66.2 cm³/mol. The second kappa shape index (κ2) is 3.59. The molecule has 0 saturated heterocycles. The number of carboxylic acids is 1. The fraction of sp³-hybridized carbons (Fsp3) is 0.533. The van der Waals surface area contributed by atoms with E-state index in [9.17, 15) is 4.79 Å². The Labute approximate surface area is 102 Å². The zero-order chi connectivity index (χ0) is 12.0. The Balaban J connectivity index is 1.92. The van der Waals surface area contributed by atoms with Crippen LogP contribution in [0.2, 0.25) is 0 Å². The van der Waals surface area contributed by atoms with Crippen LogP contribution in [0.4, 0.5) is 0 Å². The van der Waals surface area contributed by atoms with Gasteiger partial charge in [0.05, 0.1) is 5.92 Å². The maximum atomic E-state index is 11.0. The second-order valence-electron chi connectivity index (χ2n) is 5.70. The molecule has 0 aromatic heterocycles. The van der Waals surface area contributed by atoms with Gasteiger partial charge < -0.3 is 5.11 Å². The van der Waals surface area contributed by atoms with Gasteiger partial charge in [0.2, 0.25) is 0 Å². The van der Waals surface area contributed by atoms with Crippen molar-refractivity contribution < 1.29 is 9.90 Å². The summed E-state index contributed by atoms with van der Waals surface area (Å²) in [6.45, 7) is 2.08. The molecule has 2 heteroatoms. The van der Waals surface area contributed by atoms with Crippen molar-refractivity contribution in [3.8, 4) is 0 Å². The standard InChI is InChI=1S/C15H18O2/c1-15(9-13(15)14(16)17)12-7-6-10-4-2-3-5-11(10)8-12/h6-8,13H,2-5,9H2,1H3,(H,16,17). The number of fused-ring (bicyclic) bond motifs is 1. The first-order valence-corrected chi connectivity index (χ1v) is 6.46. The van der Waals surface area contributed by atoms with Gasteiger partial charge in [-0.3, -0.25) is 4.79 Å². The number of carboxylic acid groups (broad SMARTS) is 1. The van der Waals surface area contributed by atoms with E-state index in [4.69, 9.17) is 5.11 Å². The Bertz CT molecular complexity index is 478. The van der Waals surface area contributed by atoms with Crippen LogP contribution in [0, 0.1) is 5.92 Å². The topological polar surface area (TPSA) is 37.3 Å². The van der Waals surface area contributed by atoms with Crippen LogP contribution in [0.25, 0.3) is 0 Å². The van der Waals surface area contributed by atoms with Crippen LogP contribution in [0.3, 0.4) is 0 Å². The summed E-state index contributed by atoms with van der Waals surface area (Å²) in [7, 11) is 0. The molecule has 2 nitrogen and oxygen atoms in total. The lowest BCUT2D eigenvalue weighted by molar-refractivity contribution is -0.138. The normalized spacial score (nSPS) is 30.8. The number of aliphatic carboxylic acids is 1. The molecule has 1 aromatic rings. The fourth-order valence-electron chi connectivity index (χ4n) is 3.13. The molecule has 1 N–H and O–H groups in total. The van der Waals surface area contributed by atoms with E-state index < -0.39 is 5.97 Å². The highest BCUT2D eigenvalue weighted by atomic mass is 16.4. The Morgan fingerprint density at radius 1 is 1.29 bits per heavy atom. The van der Waals surface area contributed by atoms with E-state index in [0.29, 0.717) is 0 Å². The van der Waals surface area contributed by atoms with Gasteiger partial charge >= 0.3 is 5.97 Å². The minimum Gasteiger partial charge on any atom is -0.481 e. The highest BCUT2D eigenvalue weighted by Crippen LogP contribution is 2.54. The quantitative estimate of drug-likeness (QED) is 0.848. The third-order valence-corrected chi connectivity index (χ3v) is 4.54. The molecule has 2 unspecified atom stereocenters. The van der Waals surface area contributed by atoms with Gasteiger partial charge in [0.15, 0.2) is 0 Å². The molecule has 0 aliphatic heterocycles. The number of carbonyl (C=O) groups is 1. The number of benzene rings is 1. The summed E-state index contributed by atoms with van der Waals surface area (Å²) in [4.78, 5) is 11.0. The van der Waals surface area contributed by atoms with Gasteiger partial charge in [-0.15, -0.1) is 0 Å². The summed E-state index contributed by atoms with van der Waals surface area (Å²) in [6, 6.07) is 6.62. The Kier molecular flexibility index (Phi) is 2.29. The lowest BCUT2D eigenvalue weighted by Gasteiger charge is -2.19.